The first-order chi connectivity index (χ1) is 13.4. The second-order valence-electron chi connectivity index (χ2n) is 6.45. The van der Waals surface area contributed by atoms with Crippen LogP contribution in [0.1, 0.15) is 13.8 Å². The number of nitrogens with zero attached hydrogens (tertiary/aromatic N) is 2. The Hall–Kier alpha value is -2.90. The highest BCUT2D eigenvalue weighted by atomic mass is 35.5. The average molecular weight is 414 g/mol. The maximum Gasteiger partial charge on any atom is 0.333 e. The first kappa shape index (κ1) is 18.5. The molecule has 28 heavy (non-hydrogen) atoms. The van der Waals surface area contributed by atoms with Crippen LogP contribution in [-0.4, -0.2) is 20.6 Å². The molecule has 0 unspecified atom stereocenters. The highest BCUT2D eigenvalue weighted by Gasteiger charge is 2.15. The number of ether oxygens (including phenoxy) is 1. The summed E-state index contributed by atoms with van der Waals surface area (Å²) in [6.45, 7) is 3.78. The number of rotatable bonds is 4. The molecule has 0 fully saturated rings. The Morgan fingerprint density at radius 2 is 1.96 bits per heavy atom. The maximum absolute atomic E-state index is 13.1. The molecule has 0 aliphatic carbocycles. The van der Waals surface area contributed by atoms with Crippen molar-refractivity contribution >= 4 is 33.2 Å². The van der Waals surface area contributed by atoms with E-state index < -0.39 is 11.2 Å². The molecule has 0 atom stereocenters. The van der Waals surface area contributed by atoms with Crippen molar-refractivity contribution in [2.24, 2.45) is 0 Å². The standard InChI is InChI=1S/C20H16ClN3O3S/c1-11(2)27-13-7-12(9-22-10-13)24-19(25)18-16(23-20(24)26)8-17(28-18)14-5-3-4-6-15(14)21/h3-11H,1-2H3,(H,23,26). The van der Waals surface area contributed by atoms with Gasteiger partial charge in [-0.25, -0.2) is 9.36 Å². The summed E-state index contributed by atoms with van der Waals surface area (Å²) < 4.78 is 7.12. The van der Waals surface area contributed by atoms with Gasteiger partial charge in [0.05, 0.1) is 29.7 Å². The lowest BCUT2D eigenvalue weighted by molar-refractivity contribution is 0.241. The van der Waals surface area contributed by atoms with E-state index in [9.17, 15) is 9.59 Å². The smallest absolute Gasteiger partial charge is 0.333 e. The van der Waals surface area contributed by atoms with Gasteiger partial charge in [0.25, 0.3) is 5.56 Å². The number of benzene rings is 1. The zero-order valence-corrected chi connectivity index (χ0v) is 16.7. The molecule has 0 amide bonds. The van der Waals surface area contributed by atoms with Crippen molar-refractivity contribution in [3.05, 3.63) is 74.7 Å². The van der Waals surface area contributed by atoms with Crippen LogP contribution in [0, 0.1) is 0 Å². The van der Waals surface area contributed by atoms with Gasteiger partial charge in [0, 0.05) is 21.5 Å². The van der Waals surface area contributed by atoms with E-state index in [4.69, 9.17) is 16.3 Å². The van der Waals surface area contributed by atoms with Crippen molar-refractivity contribution < 1.29 is 4.74 Å². The van der Waals surface area contributed by atoms with E-state index in [0.29, 0.717) is 26.7 Å². The van der Waals surface area contributed by atoms with Crippen LogP contribution in [0.3, 0.4) is 0 Å². The number of hydrogen-bond donors (Lipinski definition) is 1. The summed E-state index contributed by atoms with van der Waals surface area (Å²) in [5.74, 6) is 0.488. The molecule has 6 nitrogen and oxygen atoms in total. The van der Waals surface area contributed by atoms with Gasteiger partial charge in [-0.3, -0.25) is 9.78 Å². The second kappa shape index (κ2) is 7.26. The van der Waals surface area contributed by atoms with E-state index in [2.05, 4.69) is 9.97 Å². The van der Waals surface area contributed by atoms with Gasteiger partial charge in [0.1, 0.15) is 10.4 Å². The lowest BCUT2D eigenvalue weighted by Crippen LogP contribution is -2.33. The summed E-state index contributed by atoms with van der Waals surface area (Å²) in [7, 11) is 0. The fourth-order valence-corrected chi connectivity index (χ4v) is 4.28. The van der Waals surface area contributed by atoms with Crippen LogP contribution in [0.25, 0.3) is 26.3 Å². The zero-order chi connectivity index (χ0) is 19.8. The van der Waals surface area contributed by atoms with Crippen LogP contribution >= 0.6 is 22.9 Å². The van der Waals surface area contributed by atoms with Crippen molar-refractivity contribution in [3.63, 3.8) is 0 Å². The third-order valence-corrected chi connectivity index (χ3v) is 5.53. The predicted molar refractivity (Wildman–Crippen MR) is 112 cm³/mol. The van der Waals surface area contributed by atoms with E-state index in [1.807, 2.05) is 32.0 Å². The Morgan fingerprint density at radius 3 is 2.71 bits per heavy atom. The van der Waals surface area contributed by atoms with Gasteiger partial charge in [-0.2, -0.15) is 0 Å². The minimum atomic E-state index is -0.537. The summed E-state index contributed by atoms with van der Waals surface area (Å²) in [5.41, 5.74) is 0.689. The summed E-state index contributed by atoms with van der Waals surface area (Å²) in [4.78, 5) is 33.4. The minimum Gasteiger partial charge on any atom is -0.489 e. The number of hydrogen-bond acceptors (Lipinski definition) is 5. The van der Waals surface area contributed by atoms with Gasteiger partial charge >= 0.3 is 5.69 Å². The Morgan fingerprint density at radius 1 is 1.18 bits per heavy atom. The molecule has 0 bridgehead atoms. The topological polar surface area (TPSA) is 77.0 Å². The molecule has 0 aliphatic heterocycles. The van der Waals surface area contributed by atoms with Crippen LogP contribution in [0.15, 0.2) is 58.4 Å². The Balaban J connectivity index is 1.89. The Kier molecular flexibility index (Phi) is 4.78. The SMILES string of the molecule is CC(C)Oc1cncc(-n2c(=O)[nH]c3cc(-c4ccccc4Cl)sc3c2=O)c1. The average Bonchev–Trinajstić information content (AvgIpc) is 3.06. The van der Waals surface area contributed by atoms with Crippen LogP contribution in [0.5, 0.6) is 5.75 Å². The number of pyridine rings is 1. The van der Waals surface area contributed by atoms with Crippen molar-refractivity contribution in [1.29, 1.82) is 0 Å². The highest BCUT2D eigenvalue weighted by Crippen LogP contribution is 2.34. The zero-order valence-electron chi connectivity index (χ0n) is 15.1. The number of H-pyrrole nitrogens is 1. The molecule has 3 aromatic heterocycles. The first-order valence-electron chi connectivity index (χ1n) is 8.60. The van der Waals surface area contributed by atoms with Crippen LogP contribution < -0.4 is 16.0 Å². The van der Waals surface area contributed by atoms with E-state index in [-0.39, 0.29) is 6.10 Å². The molecule has 0 saturated carbocycles. The van der Waals surface area contributed by atoms with E-state index >= 15 is 0 Å². The highest BCUT2D eigenvalue weighted by molar-refractivity contribution is 7.22. The molecule has 1 aromatic carbocycles. The monoisotopic (exact) mass is 413 g/mol. The maximum atomic E-state index is 13.1. The summed E-state index contributed by atoms with van der Waals surface area (Å²) in [5, 5.41) is 0.583. The summed E-state index contributed by atoms with van der Waals surface area (Å²) >= 11 is 7.56. The van der Waals surface area contributed by atoms with Gasteiger partial charge < -0.3 is 9.72 Å². The molecule has 8 heteroatoms. The van der Waals surface area contributed by atoms with E-state index in [1.54, 1.807) is 24.4 Å². The van der Waals surface area contributed by atoms with Crippen molar-refractivity contribution in [2.45, 2.75) is 20.0 Å². The molecule has 4 rings (SSSR count). The number of fused-ring (bicyclic) bond motifs is 1. The fourth-order valence-electron chi connectivity index (χ4n) is 2.90. The van der Waals surface area contributed by atoms with E-state index in [1.165, 1.54) is 17.5 Å². The molecule has 0 saturated heterocycles. The van der Waals surface area contributed by atoms with Crippen molar-refractivity contribution in [2.75, 3.05) is 0 Å². The largest absolute Gasteiger partial charge is 0.489 e. The fraction of sp³-hybridized carbons (Fsp3) is 0.150. The van der Waals surface area contributed by atoms with Crippen LogP contribution in [0.2, 0.25) is 5.02 Å². The number of aromatic nitrogens is 3. The molecular formula is C20H16ClN3O3S. The van der Waals surface area contributed by atoms with Gasteiger partial charge in [-0.05, 0) is 26.0 Å². The number of halogens is 1. The van der Waals surface area contributed by atoms with E-state index in [0.717, 1.165) is 15.0 Å². The second-order valence-corrected chi connectivity index (χ2v) is 7.91. The Bertz CT molecular complexity index is 1290. The molecule has 0 radical (unpaired) electrons. The molecular weight excluding hydrogens is 398 g/mol. The number of thiophene rings is 1. The third-order valence-electron chi connectivity index (χ3n) is 4.04. The molecule has 3 heterocycles. The van der Waals surface area contributed by atoms with Gasteiger partial charge in [-0.1, -0.05) is 29.8 Å². The predicted octanol–water partition coefficient (Wildman–Crippen LogP) is 4.24. The summed E-state index contributed by atoms with van der Waals surface area (Å²) in [6, 6.07) is 10.8. The molecule has 0 spiro atoms. The van der Waals surface area contributed by atoms with Gasteiger partial charge in [0.2, 0.25) is 0 Å². The number of nitrogens with one attached hydrogen (secondary N) is 1. The first-order valence-corrected chi connectivity index (χ1v) is 9.79. The summed E-state index contributed by atoms with van der Waals surface area (Å²) in [6.07, 6.45) is 2.95. The lowest BCUT2D eigenvalue weighted by atomic mass is 10.2. The molecule has 142 valence electrons. The third kappa shape index (κ3) is 3.34. The van der Waals surface area contributed by atoms with Crippen LogP contribution in [-0.2, 0) is 0 Å². The lowest BCUT2D eigenvalue weighted by Gasteiger charge is -2.10. The van der Waals surface area contributed by atoms with Crippen molar-refractivity contribution in [3.8, 4) is 21.9 Å². The van der Waals surface area contributed by atoms with Crippen LogP contribution in [0.4, 0.5) is 0 Å². The molecule has 4 aromatic rings. The molecule has 1 N–H and O–H groups in total. The molecule has 0 aliphatic rings. The van der Waals surface area contributed by atoms with Crippen molar-refractivity contribution in [1.82, 2.24) is 14.5 Å². The number of aromatic amines is 1. The van der Waals surface area contributed by atoms with Gasteiger partial charge in [0.15, 0.2) is 0 Å². The minimum absolute atomic E-state index is 0.0509. The van der Waals surface area contributed by atoms with Gasteiger partial charge in [-0.15, -0.1) is 11.3 Å². The Labute approximate surface area is 169 Å². The quantitative estimate of drug-likeness (QED) is 0.542. The normalized spacial score (nSPS) is 11.3.